The highest BCUT2D eigenvalue weighted by atomic mass is 32.2. The third-order valence-electron chi connectivity index (χ3n) is 3.31. The molecule has 0 heterocycles. The molecule has 0 bridgehead atoms. The van der Waals surface area contributed by atoms with E-state index in [1.165, 1.54) is 16.7 Å². The van der Waals surface area contributed by atoms with Crippen LogP contribution in [-0.4, -0.2) is 16.6 Å². The van der Waals surface area contributed by atoms with Gasteiger partial charge in [0.05, 0.1) is 0 Å². The van der Waals surface area contributed by atoms with Crippen LogP contribution < -0.4 is 0 Å². The molecule has 1 nitrogen and oxygen atoms in total. The van der Waals surface area contributed by atoms with Gasteiger partial charge in [-0.05, 0) is 56.2 Å². The van der Waals surface area contributed by atoms with Crippen molar-refractivity contribution in [1.29, 1.82) is 0 Å². The van der Waals surface area contributed by atoms with Crippen LogP contribution in [0.5, 0.6) is 5.75 Å². The first-order chi connectivity index (χ1) is 10.4. The van der Waals surface area contributed by atoms with Gasteiger partial charge in [0, 0.05) is 17.1 Å². The van der Waals surface area contributed by atoms with E-state index in [2.05, 4.69) is 39.1 Å². The number of hydrogen-bond acceptors (Lipinski definition) is 3. The van der Waals surface area contributed by atoms with Crippen molar-refractivity contribution in [3.8, 4) is 5.75 Å². The average Bonchev–Trinajstić information content (AvgIpc) is 2.44. The van der Waals surface area contributed by atoms with Crippen molar-refractivity contribution >= 4 is 23.5 Å². The number of benzene rings is 1. The zero-order valence-corrected chi connectivity index (χ0v) is 15.7. The van der Waals surface area contributed by atoms with Crippen LogP contribution in [0.2, 0.25) is 0 Å². The lowest BCUT2D eigenvalue weighted by Gasteiger charge is -2.11. The molecule has 1 rings (SSSR count). The molecule has 0 amide bonds. The summed E-state index contributed by atoms with van der Waals surface area (Å²) in [6, 6.07) is 4.26. The van der Waals surface area contributed by atoms with E-state index in [0.717, 1.165) is 47.0 Å². The van der Waals surface area contributed by atoms with E-state index in [0.29, 0.717) is 5.75 Å². The highest BCUT2D eigenvalue weighted by Crippen LogP contribution is 2.29. The molecule has 0 atom stereocenters. The minimum absolute atomic E-state index is 0.457. The number of rotatable bonds is 10. The summed E-state index contributed by atoms with van der Waals surface area (Å²) in [4.78, 5) is 0. The molecule has 0 saturated carbocycles. The first kappa shape index (κ1) is 19.2. The van der Waals surface area contributed by atoms with Crippen molar-refractivity contribution < 1.29 is 5.11 Å². The number of phenolic OH excluding ortho intramolecular Hbond substituents is 1. The average molecular weight is 337 g/mol. The van der Waals surface area contributed by atoms with Crippen LogP contribution in [0.4, 0.5) is 0 Å². The van der Waals surface area contributed by atoms with Crippen molar-refractivity contribution in [2.45, 2.75) is 45.1 Å². The normalized spacial score (nSPS) is 10.7. The van der Waals surface area contributed by atoms with Crippen LogP contribution in [0.25, 0.3) is 0 Å². The summed E-state index contributed by atoms with van der Waals surface area (Å²) < 4.78 is 0. The van der Waals surface area contributed by atoms with Gasteiger partial charge >= 0.3 is 0 Å². The Kier molecular flexibility index (Phi) is 8.81. The molecule has 0 aromatic heterocycles. The second-order valence-corrected chi connectivity index (χ2v) is 8.15. The van der Waals surface area contributed by atoms with E-state index in [-0.39, 0.29) is 0 Å². The molecule has 1 aromatic rings. The van der Waals surface area contributed by atoms with Crippen LogP contribution in [0.15, 0.2) is 36.4 Å². The molecule has 1 N–H and O–H groups in total. The van der Waals surface area contributed by atoms with Crippen LogP contribution in [0.3, 0.4) is 0 Å². The first-order valence-corrected chi connectivity index (χ1v) is 9.96. The Morgan fingerprint density at radius 1 is 1.00 bits per heavy atom. The molecular weight excluding hydrogens is 308 g/mol. The van der Waals surface area contributed by atoms with Crippen LogP contribution in [0, 0.1) is 6.92 Å². The van der Waals surface area contributed by atoms with Gasteiger partial charge in [-0.2, -0.15) is 23.5 Å². The zero-order chi connectivity index (χ0) is 16.5. The Labute approximate surface area is 144 Å². The first-order valence-electron chi connectivity index (χ1n) is 7.65. The summed E-state index contributed by atoms with van der Waals surface area (Å²) in [5.41, 5.74) is 5.80. The monoisotopic (exact) mass is 336 g/mol. The maximum atomic E-state index is 10.2. The summed E-state index contributed by atoms with van der Waals surface area (Å²) in [6.45, 7) is 14.0. The van der Waals surface area contributed by atoms with Crippen molar-refractivity contribution in [3.63, 3.8) is 0 Å². The smallest absolute Gasteiger partial charge is 0.122 e. The van der Waals surface area contributed by atoms with Crippen LogP contribution in [-0.2, 0) is 11.5 Å². The Morgan fingerprint density at radius 3 is 2.09 bits per heavy atom. The molecule has 1 aromatic carbocycles. The Balaban J connectivity index is 2.56. The molecular formula is C19H28OS2. The number of aryl methyl sites for hydroxylation is 1. The predicted octanol–water partition coefficient (Wildman–Crippen LogP) is 6.10. The highest BCUT2D eigenvalue weighted by molar-refractivity contribution is 7.98. The Hall–Kier alpha value is -0.800. The lowest BCUT2D eigenvalue weighted by Crippen LogP contribution is -1.92. The standard InChI is InChI=1S/C19H28OS2/c1-14(2)6-8-21-12-17-10-16(5)19(20)18(11-17)13-22-9-7-15(3)4/h10-11,20H,1,3,6-9,12-13H2,2,4-5H3. The molecule has 0 aliphatic heterocycles. The fourth-order valence-corrected chi connectivity index (χ4v) is 4.11. The number of allylic oxidation sites excluding steroid dienone is 2. The lowest BCUT2D eigenvalue weighted by molar-refractivity contribution is 0.466. The molecule has 0 saturated heterocycles. The molecule has 0 spiro atoms. The second-order valence-electron chi connectivity index (χ2n) is 5.94. The summed E-state index contributed by atoms with van der Waals surface area (Å²) in [5.74, 6) is 4.49. The van der Waals surface area contributed by atoms with Gasteiger partial charge in [-0.25, -0.2) is 0 Å². The minimum atomic E-state index is 0.457. The Morgan fingerprint density at radius 2 is 1.55 bits per heavy atom. The molecule has 0 aliphatic rings. The summed E-state index contributed by atoms with van der Waals surface area (Å²) in [7, 11) is 0. The summed E-state index contributed by atoms with van der Waals surface area (Å²) >= 11 is 3.79. The maximum Gasteiger partial charge on any atom is 0.122 e. The minimum Gasteiger partial charge on any atom is -0.507 e. The molecule has 0 radical (unpaired) electrons. The molecule has 3 heteroatoms. The molecule has 0 unspecified atom stereocenters. The quantitative estimate of drug-likeness (QED) is 0.412. The van der Waals surface area contributed by atoms with E-state index in [1.807, 2.05) is 30.4 Å². The van der Waals surface area contributed by atoms with Crippen molar-refractivity contribution in [2.75, 3.05) is 11.5 Å². The second kappa shape index (κ2) is 10.1. The predicted molar refractivity (Wildman–Crippen MR) is 104 cm³/mol. The van der Waals surface area contributed by atoms with Gasteiger partial charge < -0.3 is 5.11 Å². The van der Waals surface area contributed by atoms with Crippen LogP contribution in [0.1, 0.15) is 43.4 Å². The van der Waals surface area contributed by atoms with Gasteiger partial charge in [0.1, 0.15) is 5.75 Å². The van der Waals surface area contributed by atoms with Gasteiger partial charge in [-0.1, -0.05) is 23.3 Å². The Bertz CT molecular complexity index is 520. The molecule has 0 aliphatic carbocycles. The summed E-state index contributed by atoms with van der Waals surface area (Å²) in [6.07, 6.45) is 2.12. The van der Waals surface area contributed by atoms with Gasteiger partial charge in [0.25, 0.3) is 0 Å². The highest BCUT2D eigenvalue weighted by Gasteiger charge is 2.07. The van der Waals surface area contributed by atoms with Crippen LogP contribution >= 0.6 is 23.5 Å². The maximum absolute atomic E-state index is 10.2. The number of aromatic hydroxyl groups is 1. The summed E-state index contributed by atoms with van der Waals surface area (Å²) in [5, 5.41) is 10.2. The van der Waals surface area contributed by atoms with Crippen molar-refractivity contribution in [1.82, 2.24) is 0 Å². The third-order valence-corrected chi connectivity index (χ3v) is 5.35. The SMILES string of the molecule is C=C(C)CCSCc1cc(C)c(O)c(CSCCC(=C)C)c1. The number of phenols is 1. The van der Waals surface area contributed by atoms with Crippen molar-refractivity contribution in [3.05, 3.63) is 53.1 Å². The number of thioether (sulfide) groups is 2. The van der Waals surface area contributed by atoms with Crippen molar-refractivity contribution in [2.24, 2.45) is 0 Å². The van der Waals surface area contributed by atoms with Gasteiger partial charge in [-0.15, -0.1) is 13.2 Å². The van der Waals surface area contributed by atoms with Gasteiger partial charge in [0.15, 0.2) is 0 Å². The fraction of sp³-hybridized carbons (Fsp3) is 0.474. The topological polar surface area (TPSA) is 20.2 Å². The van der Waals surface area contributed by atoms with E-state index in [1.54, 1.807) is 0 Å². The van der Waals surface area contributed by atoms with E-state index in [9.17, 15) is 5.11 Å². The molecule has 22 heavy (non-hydrogen) atoms. The largest absolute Gasteiger partial charge is 0.507 e. The van der Waals surface area contributed by atoms with E-state index in [4.69, 9.17) is 0 Å². The molecule has 0 fully saturated rings. The fourth-order valence-electron chi connectivity index (χ4n) is 1.99. The van der Waals surface area contributed by atoms with E-state index >= 15 is 0 Å². The lowest BCUT2D eigenvalue weighted by atomic mass is 10.1. The van der Waals surface area contributed by atoms with Gasteiger partial charge in [0.2, 0.25) is 0 Å². The third kappa shape index (κ3) is 7.46. The van der Waals surface area contributed by atoms with E-state index < -0.39 is 0 Å². The van der Waals surface area contributed by atoms with Gasteiger partial charge in [-0.3, -0.25) is 0 Å². The molecule has 122 valence electrons. The zero-order valence-electron chi connectivity index (χ0n) is 14.1. The number of hydrogen-bond donors (Lipinski definition) is 1.